The lowest BCUT2D eigenvalue weighted by molar-refractivity contribution is 0.0950. The molecule has 7 nitrogen and oxygen atoms in total. The van der Waals surface area contributed by atoms with Crippen LogP contribution in [0.15, 0.2) is 60.7 Å². The number of aromatic amines is 1. The van der Waals surface area contributed by atoms with Crippen LogP contribution in [0.25, 0.3) is 22.0 Å². The number of H-pyrrole nitrogens is 1. The van der Waals surface area contributed by atoms with Crippen molar-refractivity contribution in [1.29, 1.82) is 0 Å². The molecule has 1 amide bonds. The molecule has 0 aliphatic heterocycles. The number of phenols is 3. The molecule has 0 atom stereocenters. The number of carbonyl (C=O) groups excluding carboxylic acids is 1. The molecule has 3 aromatic carbocycles. The van der Waals surface area contributed by atoms with Crippen molar-refractivity contribution in [1.82, 2.24) is 15.5 Å². The first-order valence-electron chi connectivity index (χ1n) is 10.1. The summed E-state index contributed by atoms with van der Waals surface area (Å²) in [5.41, 5.74) is 3.82. The number of rotatable bonds is 7. The van der Waals surface area contributed by atoms with Gasteiger partial charge in [0, 0.05) is 17.6 Å². The van der Waals surface area contributed by atoms with Crippen molar-refractivity contribution in [3.8, 4) is 28.4 Å². The van der Waals surface area contributed by atoms with Gasteiger partial charge in [-0.25, -0.2) is 0 Å². The highest BCUT2D eigenvalue weighted by molar-refractivity contribution is 5.96. The number of aromatic hydroxyl groups is 3. The van der Waals surface area contributed by atoms with Crippen LogP contribution in [-0.4, -0.2) is 38.0 Å². The number of hydrogen-bond acceptors (Lipinski definition) is 5. The second-order valence-electron chi connectivity index (χ2n) is 7.37. The van der Waals surface area contributed by atoms with Gasteiger partial charge in [-0.1, -0.05) is 30.3 Å². The number of para-hydroxylation sites is 1. The molecule has 0 aliphatic carbocycles. The van der Waals surface area contributed by atoms with E-state index in [-0.39, 0.29) is 28.7 Å². The molecule has 158 valence electrons. The van der Waals surface area contributed by atoms with Gasteiger partial charge in [-0.2, -0.15) is 5.10 Å². The molecule has 5 N–H and O–H groups in total. The molecule has 0 saturated heterocycles. The van der Waals surface area contributed by atoms with E-state index in [4.69, 9.17) is 0 Å². The van der Waals surface area contributed by atoms with Crippen molar-refractivity contribution in [2.24, 2.45) is 0 Å². The zero-order valence-corrected chi connectivity index (χ0v) is 16.8. The van der Waals surface area contributed by atoms with Gasteiger partial charge in [-0.3, -0.25) is 9.89 Å². The predicted molar refractivity (Wildman–Crippen MR) is 118 cm³/mol. The molecule has 0 saturated carbocycles. The molecule has 7 heteroatoms. The lowest BCUT2D eigenvalue weighted by Gasteiger charge is -2.06. The quantitative estimate of drug-likeness (QED) is 0.229. The van der Waals surface area contributed by atoms with Crippen LogP contribution < -0.4 is 5.32 Å². The predicted octanol–water partition coefficient (Wildman–Crippen LogP) is 4.10. The van der Waals surface area contributed by atoms with Crippen LogP contribution in [0.2, 0.25) is 0 Å². The fourth-order valence-electron chi connectivity index (χ4n) is 3.53. The largest absolute Gasteiger partial charge is 0.507 e. The van der Waals surface area contributed by atoms with Gasteiger partial charge in [-0.05, 0) is 60.7 Å². The van der Waals surface area contributed by atoms with Crippen molar-refractivity contribution in [2.45, 2.75) is 19.3 Å². The van der Waals surface area contributed by atoms with E-state index in [2.05, 4.69) is 15.5 Å². The van der Waals surface area contributed by atoms with E-state index in [0.29, 0.717) is 6.54 Å². The first-order valence-corrected chi connectivity index (χ1v) is 10.1. The number of fused-ring (bicyclic) bond motifs is 1. The van der Waals surface area contributed by atoms with Gasteiger partial charge in [0.15, 0.2) is 11.5 Å². The standard InChI is InChI=1S/C24H23N3O4/c28-21-7-2-1-5-18(21)24(31)25-12-4-3-6-19-17-10-8-15(13-20(17)27-26-19)16-9-11-22(29)23(30)14-16/h1-2,5,7-11,13-14,28-30H,3-4,6,12H2,(H,25,31)(H,26,27). The second kappa shape index (κ2) is 8.79. The summed E-state index contributed by atoms with van der Waals surface area (Å²) in [5.74, 6) is -0.609. The first-order chi connectivity index (χ1) is 15.0. The molecular weight excluding hydrogens is 394 g/mol. The molecular formula is C24H23N3O4. The molecule has 0 bridgehead atoms. The highest BCUT2D eigenvalue weighted by Crippen LogP contribution is 2.32. The topological polar surface area (TPSA) is 118 Å². The Balaban J connectivity index is 1.33. The Morgan fingerprint density at radius 1 is 0.871 bits per heavy atom. The first kappa shape index (κ1) is 20.3. The summed E-state index contributed by atoms with van der Waals surface area (Å²) >= 11 is 0. The van der Waals surface area contributed by atoms with Crippen LogP contribution >= 0.6 is 0 Å². The molecule has 4 aromatic rings. The van der Waals surface area contributed by atoms with Gasteiger partial charge in [0.25, 0.3) is 5.91 Å². The summed E-state index contributed by atoms with van der Waals surface area (Å²) in [6.07, 6.45) is 2.46. The Morgan fingerprint density at radius 3 is 2.45 bits per heavy atom. The maximum atomic E-state index is 12.1. The minimum absolute atomic E-state index is 0.0224. The van der Waals surface area contributed by atoms with E-state index >= 15 is 0 Å². The molecule has 0 fully saturated rings. The highest BCUT2D eigenvalue weighted by atomic mass is 16.3. The van der Waals surface area contributed by atoms with Crippen molar-refractivity contribution >= 4 is 16.8 Å². The van der Waals surface area contributed by atoms with Gasteiger partial charge in [0.05, 0.1) is 11.1 Å². The zero-order valence-electron chi connectivity index (χ0n) is 16.8. The van der Waals surface area contributed by atoms with E-state index < -0.39 is 0 Å². The monoisotopic (exact) mass is 417 g/mol. The molecule has 1 heterocycles. The van der Waals surface area contributed by atoms with E-state index in [9.17, 15) is 20.1 Å². The fraction of sp³-hybridized carbons (Fsp3) is 0.167. The minimum atomic E-state index is -0.280. The van der Waals surface area contributed by atoms with Gasteiger partial charge >= 0.3 is 0 Å². The van der Waals surface area contributed by atoms with Gasteiger partial charge in [-0.15, -0.1) is 0 Å². The maximum Gasteiger partial charge on any atom is 0.255 e. The number of carbonyl (C=O) groups is 1. The number of phenolic OH excluding ortho intramolecular Hbond substituents is 3. The lowest BCUT2D eigenvalue weighted by Crippen LogP contribution is -2.24. The van der Waals surface area contributed by atoms with Crippen LogP contribution in [0.4, 0.5) is 0 Å². The second-order valence-corrected chi connectivity index (χ2v) is 7.37. The molecule has 31 heavy (non-hydrogen) atoms. The summed E-state index contributed by atoms with van der Waals surface area (Å²) in [7, 11) is 0. The number of aryl methyl sites for hydroxylation is 1. The Morgan fingerprint density at radius 2 is 1.65 bits per heavy atom. The zero-order chi connectivity index (χ0) is 21.8. The highest BCUT2D eigenvalue weighted by Gasteiger charge is 2.10. The number of amides is 1. The summed E-state index contributed by atoms with van der Waals surface area (Å²) < 4.78 is 0. The molecule has 0 spiro atoms. The number of aromatic nitrogens is 2. The van der Waals surface area contributed by atoms with Crippen molar-refractivity contribution in [3.63, 3.8) is 0 Å². The van der Waals surface area contributed by atoms with Gasteiger partial charge < -0.3 is 20.6 Å². The van der Waals surface area contributed by atoms with E-state index in [1.165, 1.54) is 18.2 Å². The van der Waals surface area contributed by atoms with Crippen LogP contribution in [0.3, 0.4) is 0 Å². The normalized spacial score (nSPS) is 11.0. The number of hydrogen-bond donors (Lipinski definition) is 5. The number of nitrogens with zero attached hydrogens (tertiary/aromatic N) is 1. The Kier molecular flexibility index (Phi) is 5.75. The third-order valence-electron chi connectivity index (χ3n) is 5.23. The fourth-order valence-corrected chi connectivity index (χ4v) is 3.53. The lowest BCUT2D eigenvalue weighted by atomic mass is 10.0. The SMILES string of the molecule is O=C(NCCCCc1[nH]nc2cc(-c3ccc(O)c(O)c3)ccc12)c1ccccc1O. The Bertz CT molecular complexity index is 1230. The van der Waals surface area contributed by atoms with Crippen molar-refractivity contribution in [2.75, 3.05) is 6.54 Å². The molecule has 1 aromatic heterocycles. The summed E-state index contributed by atoms with van der Waals surface area (Å²) in [6, 6.07) is 17.1. The maximum absolute atomic E-state index is 12.1. The molecule has 0 unspecified atom stereocenters. The van der Waals surface area contributed by atoms with E-state index in [1.807, 2.05) is 18.2 Å². The Labute approximate surface area is 179 Å². The summed E-state index contributed by atoms with van der Waals surface area (Å²) in [6.45, 7) is 0.522. The average molecular weight is 417 g/mol. The average Bonchev–Trinajstić information content (AvgIpc) is 3.18. The number of unbranched alkanes of at least 4 members (excludes halogenated alkanes) is 1. The number of benzene rings is 3. The molecule has 0 aliphatic rings. The Hall–Kier alpha value is -4.00. The summed E-state index contributed by atoms with van der Waals surface area (Å²) in [4.78, 5) is 12.1. The van der Waals surface area contributed by atoms with Crippen LogP contribution in [-0.2, 0) is 6.42 Å². The van der Waals surface area contributed by atoms with Crippen LogP contribution in [0.1, 0.15) is 28.9 Å². The van der Waals surface area contributed by atoms with Crippen molar-refractivity contribution in [3.05, 3.63) is 71.9 Å². The van der Waals surface area contributed by atoms with Gasteiger partial charge in [0.2, 0.25) is 0 Å². The van der Waals surface area contributed by atoms with Gasteiger partial charge in [0.1, 0.15) is 5.75 Å². The van der Waals surface area contributed by atoms with E-state index in [0.717, 1.165) is 47.0 Å². The third kappa shape index (κ3) is 4.45. The third-order valence-corrected chi connectivity index (χ3v) is 5.23. The van der Waals surface area contributed by atoms with Crippen LogP contribution in [0, 0.1) is 0 Å². The van der Waals surface area contributed by atoms with Crippen LogP contribution in [0.5, 0.6) is 17.2 Å². The summed E-state index contributed by atoms with van der Waals surface area (Å²) in [5, 5.41) is 40.3. The van der Waals surface area contributed by atoms with Crippen molar-refractivity contribution < 1.29 is 20.1 Å². The molecule has 0 radical (unpaired) electrons. The minimum Gasteiger partial charge on any atom is -0.507 e. The molecule has 4 rings (SSSR count). The smallest absolute Gasteiger partial charge is 0.255 e. The van der Waals surface area contributed by atoms with E-state index in [1.54, 1.807) is 24.3 Å². The number of nitrogens with one attached hydrogen (secondary N) is 2.